The SMILES string of the molecule is CC(NCCc1ccccc1)C(C)(C)O. The molecule has 2 N–H and O–H groups in total. The first-order valence-electron chi connectivity index (χ1n) is 5.50. The summed E-state index contributed by atoms with van der Waals surface area (Å²) in [6, 6.07) is 10.5. The molecule has 2 nitrogen and oxygen atoms in total. The standard InChI is InChI=1S/C13H21NO/c1-11(13(2,3)15)14-10-9-12-7-5-4-6-8-12/h4-8,11,14-15H,9-10H2,1-3H3. The van der Waals surface area contributed by atoms with Gasteiger partial charge in [0.1, 0.15) is 0 Å². The second-order valence-corrected chi connectivity index (χ2v) is 4.57. The fourth-order valence-corrected chi connectivity index (χ4v) is 1.33. The third kappa shape index (κ3) is 4.45. The summed E-state index contributed by atoms with van der Waals surface area (Å²) in [6.07, 6.45) is 1.00. The van der Waals surface area contributed by atoms with Crippen LogP contribution in [0.1, 0.15) is 26.3 Å². The van der Waals surface area contributed by atoms with Gasteiger partial charge in [0.05, 0.1) is 5.60 Å². The highest BCUT2D eigenvalue weighted by Crippen LogP contribution is 2.07. The fourth-order valence-electron chi connectivity index (χ4n) is 1.33. The van der Waals surface area contributed by atoms with E-state index < -0.39 is 5.60 Å². The van der Waals surface area contributed by atoms with Gasteiger partial charge in [-0.25, -0.2) is 0 Å². The maximum absolute atomic E-state index is 9.72. The molecule has 0 aliphatic rings. The van der Waals surface area contributed by atoms with Gasteiger partial charge in [-0.2, -0.15) is 0 Å². The predicted octanol–water partition coefficient (Wildman–Crippen LogP) is 1.98. The lowest BCUT2D eigenvalue weighted by Crippen LogP contribution is -2.45. The Balaban J connectivity index is 2.28. The van der Waals surface area contributed by atoms with Crippen molar-refractivity contribution >= 4 is 0 Å². The fraction of sp³-hybridized carbons (Fsp3) is 0.538. The van der Waals surface area contributed by atoms with Crippen molar-refractivity contribution in [3.05, 3.63) is 35.9 Å². The summed E-state index contributed by atoms with van der Waals surface area (Å²) in [6.45, 7) is 6.56. The smallest absolute Gasteiger partial charge is 0.0741 e. The first-order valence-corrected chi connectivity index (χ1v) is 5.50. The van der Waals surface area contributed by atoms with Crippen LogP contribution >= 0.6 is 0 Å². The summed E-state index contributed by atoms with van der Waals surface area (Å²) in [5, 5.41) is 13.0. The quantitative estimate of drug-likeness (QED) is 0.774. The molecule has 0 aliphatic carbocycles. The summed E-state index contributed by atoms with van der Waals surface area (Å²) in [7, 11) is 0. The van der Waals surface area contributed by atoms with Crippen LogP contribution in [0.2, 0.25) is 0 Å². The van der Waals surface area contributed by atoms with Gasteiger partial charge in [0.15, 0.2) is 0 Å². The summed E-state index contributed by atoms with van der Waals surface area (Å²) in [5.41, 5.74) is 0.671. The van der Waals surface area contributed by atoms with Crippen LogP contribution in [-0.4, -0.2) is 23.3 Å². The van der Waals surface area contributed by atoms with Crippen molar-refractivity contribution in [3.63, 3.8) is 0 Å². The minimum absolute atomic E-state index is 0.112. The van der Waals surface area contributed by atoms with Crippen LogP contribution in [0.4, 0.5) is 0 Å². The second-order valence-electron chi connectivity index (χ2n) is 4.57. The van der Waals surface area contributed by atoms with Crippen LogP contribution in [0, 0.1) is 0 Å². The highest BCUT2D eigenvalue weighted by molar-refractivity contribution is 5.14. The van der Waals surface area contributed by atoms with Crippen molar-refractivity contribution < 1.29 is 5.11 Å². The molecule has 0 fully saturated rings. The number of hydrogen-bond acceptors (Lipinski definition) is 2. The summed E-state index contributed by atoms with van der Waals surface area (Å²) < 4.78 is 0. The van der Waals surface area contributed by atoms with E-state index in [0.29, 0.717) is 0 Å². The lowest BCUT2D eigenvalue weighted by atomic mass is 10.0. The van der Waals surface area contributed by atoms with E-state index in [1.807, 2.05) is 26.8 Å². The van der Waals surface area contributed by atoms with Crippen LogP contribution in [0.25, 0.3) is 0 Å². The van der Waals surface area contributed by atoms with Gasteiger partial charge < -0.3 is 10.4 Å². The van der Waals surface area contributed by atoms with Gasteiger partial charge in [0.2, 0.25) is 0 Å². The van der Waals surface area contributed by atoms with Crippen molar-refractivity contribution in [2.75, 3.05) is 6.54 Å². The third-order valence-corrected chi connectivity index (χ3v) is 2.77. The molecule has 2 heteroatoms. The minimum atomic E-state index is -0.656. The molecule has 1 unspecified atom stereocenters. The molecule has 0 heterocycles. The topological polar surface area (TPSA) is 32.3 Å². The molecular formula is C13H21NO. The molecule has 1 aromatic carbocycles. The van der Waals surface area contributed by atoms with E-state index in [4.69, 9.17) is 0 Å². The molecule has 0 radical (unpaired) electrons. The number of rotatable bonds is 5. The number of hydrogen-bond donors (Lipinski definition) is 2. The average molecular weight is 207 g/mol. The molecule has 0 bridgehead atoms. The van der Waals surface area contributed by atoms with E-state index in [1.54, 1.807) is 0 Å². The van der Waals surface area contributed by atoms with Crippen molar-refractivity contribution in [2.24, 2.45) is 0 Å². The van der Waals surface area contributed by atoms with E-state index in [-0.39, 0.29) is 6.04 Å². The largest absolute Gasteiger partial charge is 0.389 e. The molecule has 0 amide bonds. The number of nitrogens with one attached hydrogen (secondary N) is 1. The van der Waals surface area contributed by atoms with Gasteiger partial charge in [0.25, 0.3) is 0 Å². The Kier molecular flexibility index (Phi) is 4.30. The first-order chi connectivity index (χ1) is 7.00. The van der Waals surface area contributed by atoms with E-state index >= 15 is 0 Å². The van der Waals surface area contributed by atoms with Crippen molar-refractivity contribution in [3.8, 4) is 0 Å². The Morgan fingerprint density at radius 2 is 1.87 bits per heavy atom. The van der Waals surface area contributed by atoms with Crippen molar-refractivity contribution in [1.82, 2.24) is 5.32 Å². The maximum atomic E-state index is 9.72. The van der Waals surface area contributed by atoms with Crippen LogP contribution in [0.5, 0.6) is 0 Å². The van der Waals surface area contributed by atoms with Gasteiger partial charge in [-0.1, -0.05) is 30.3 Å². The first kappa shape index (κ1) is 12.2. The predicted molar refractivity (Wildman–Crippen MR) is 63.9 cm³/mol. The van der Waals surface area contributed by atoms with Gasteiger partial charge in [-0.05, 0) is 39.3 Å². The highest BCUT2D eigenvalue weighted by atomic mass is 16.3. The van der Waals surface area contributed by atoms with Gasteiger partial charge in [-0.3, -0.25) is 0 Å². The Morgan fingerprint density at radius 3 is 2.40 bits per heavy atom. The maximum Gasteiger partial charge on any atom is 0.0741 e. The van der Waals surface area contributed by atoms with Crippen LogP contribution in [0.15, 0.2) is 30.3 Å². The molecule has 0 aliphatic heterocycles. The molecule has 0 spiro atoms. The lowest BCUT2D eigenvalue weighted by molar-refractivity contribution is 0.0446. The van der Waals surface area contributed by atoms with Crippen molar-refractivity contribution in [1.29, 1.82) is 0 Å². The van der Waals surface area contributed by atoms with Gasteiger partial charge in [0, 0.05) is 6.04 Å². The highest BCUT2D eigenvalue weighted by Gasteiger charge is 2.20. The van der Waals surface area contributed by atoms with Crippen LogP contribution < -0.4 is 5.32 Å². The summed E-state index contributed by atoms with van der Waals surface area (Å²) in [5.74, 6) is 0. The summed E-state index contributed by atoms with van der Waals surface area (Å²) >= 11 is 0. The molecule has 1 aromatic rings. The molecular weight excluding hydrogens is 186 g/mol. The van der Waals surface area contributed by atoms with Crippen LogP contribution in [-0.2, 0) is 6.42 Å². The molecule has 0 saturated carbocycles. The molecule has 1 rings (SSSR count). The average Bonchev–Trinajstić information content (AvgIpc) is 2.18. The molecule has 84 valence electrons. The molecule has 1 atom stereocenters. The van der Waals surface area contributed by atoms with E-state index in [1.165, 1.54) is 5.56 Å². The lowest BCUT2D eigenvalue weighted by Gasteiger charge is -2.26. The van der Waals surface area contributed by atoms with Crippen molar-refractivity contribution in [2.45, 2.75) is 38.8 Å². The number of benzene rings is 1. The van der Waals surface area contributed by atoms with E-state index in [2.05, 4.69) is 29.6 Å². The molecule has 0 aromatic heterocycles. The zero-order chi connectivity index (χ0) is 11.3. The third-order valence-electron chi connectivity index (χ3n) is 2.77. The van der Waals surface area contributed by atoms with Gasteiger partial charge >= 0.3 is 0 Å². The zero-order valence-electron chi connectivity index (χ0n) is 9.83. The normalized spacial score (nSPS) is 13.9. The summed E-state index contributed by atoms with van der Waals surface area (Å²) in [4.78, 5) is 0. The Bertz CT molecular complexity index is 276. The molecule has 15 heavy (non-hydrogen) atoms. The minimum Gasteiger partial charge on any atom is -0.389 e. The van der Waals surface area contributed by atoms with E-state index in [0.717, 1.165) is 13.0 Å². The van der Waals surface area contributed by atoms with E-state index in [9.17, 15) is 5.11 Å². The van der Waals surface area contributed by atoms with Gasteiger partial charge in [-0.15, -0.1) is 0 Å². The Hall–Kier alpha value is -0.860. The Morgan fingerprint density at radius 1 is 1.27 bits per heavy atom. The monoisotopic (exact) mass is 207 g/mol. The molecule has 0 saturated heterocycles. The second kappa shape index (κ2) is 5.29. The Labute approximate surface area is 92.3 Å². The zero-order valence-corrected chi connectivity index (χ0v) is 9.83. The number of aliphatic hydroxyl groups is 1. The van der Waals surface area contributed by atoms with Crippen LogP contribution in [0.3, 0.4) is 0 Å².